The van der Waals surface area contributed by atoms with Crippen LogP contribution in [-0.2, 0) is 4.79 Å². The predicted molar refractivity (Wildman–Crippen MR) is 63.3 cm³/mol. The van der Waals surface area contributed by atoms with Crippen LogP contribution in [0.15, 0.2) is 18.2 Å². The Morgan fingerprint density at radius 3 is 2.88 bits per heavy atom. The number of nitriles is 1. The Balaban J connectivity index is 2.59. The van der Waals surface area contributed by atoms with Gasteiger partial charge in [0.25, 0.3) is 0 Å². The topological polar surface area (TPSA) is 64.9 Å². The van der Waals surface area contributed by atoms with Crippen LogP contribution in [-0.4, -0.2) is 19.0 Å². The van der Waals surface area contributed by atoms with Gasteiger partial charge in [-0.1, -0.05) is 11.6 Å². The Kier molecular flexibility index (Phi) is 4.62. The van der Waals surface area contributed by atoms with Crippen LogP contribution in [0.25, 0.3) is 0 Å². The number of nitrogens with zero attached hydrogens (tertiary/aromatic N) is 1. The minimum atomic E-state index is -0.0806. The summed E-state index contributed by atoms with van der Waals surface area (Å²) in [5, 5.41) is 14.6. The molecule has 5 heteroatoms. The van der Waals surface area contributed by atoms with Crippen molar-refractivity contribution in [1.29, 1.82) is 5.26 Å². The average molecular weight is 238 g/mol. The molecule has 0 aliphatic carbocycles. The molecule has 0 radical (unpaired) electrons. The number of amides is 1. The van der Waals surface area contributed by atoms with E-state index < -0.39 is 0 Å². The molecular weight excluding hydrogens is 226 g/mol. The Hall–Kier alpha value is -1.73. The van der Waals surface area contributed by atoms with Crippen molar-refractivity contribution >= 4 is 23.2 Å². The molecule has 0 bridgehead atoms. The summed E-state index contributed by atoms with van der Waals surface area (Å²) in [6, 6.07) is 6.92. The van der Waals surface area contributed by atoms with Crippen molar-refractivity contribution in [3.63, 3.8) is 0 Å². The number of benzene rings is 1. The van der Waals surface area contributed by atoms with E-state index in [4.69, 9.17) is 16.9 Å². The summed E-state index contributed by atoms with van der Waals surface area (Å²) in [5.41, 5.74) is 1.14. The largest absolute Gasteiger partial charge is 0.376 e. The molecular formula is C11H12ClN3O. The summed E-state index contributed by atoms with van der Waals surface area (Å²) >= 11 is 5.84. The molecule has 1 amide bonds. The van der Waals surface area contributed by atoms with Gasteiger partial charge in [0.2, 0.25) is 5.91 Å². The minimum Gasteiger partial charge on any atom is -0.376 e. The fourth-order valence-corrected chi connectivity index (χ4v) is 1.38. The molecule has 1 aromatic carbocycles. The van der Waals surface area contributed by atoms with E-state index in [1.165, 1.54) is 0 Å². The zero-order chi connectivity index (χ0) is 12.0. The smallest absolute Gasteiger partial charge is 0.239 e. The van der Waals surface area contributed by atoms with E-state index in [1.54, 1.807) is 18.2 Å². The summed E-state index contributed by atoms with van der Waals surface area (Å²) in [5.74, 6) is -0.0806. The lowest BCUT2D eigenvalue weighted by atomic mass is 10.2. The summed E-state index contributed by atoms with van der Waals surface area (Å²) in [4.78, 5) is 11.2. The fourth-order valence-electron chi connectivity index (χ4n) is 1.16. The Morgan fingerprint density at radius 2 is 2.31 bits per heavy atom. The molecule has 16 heavy (non-hydrogen) atoms. The normalized spacial score (nSPS) is 9.31. The van der Waals surface area contributed by atoms with E-state index in [1.807, 2.05) is 13.0 Å². The van der Waals surface area contributed by atoms with Gasteiger partial charge in [0.1, 0.15) is 6.07 Å². The third-order valence-electron chi connectivity index (χ3n) is 1.92. The molecule has 0 heterocycles. The molecule has 0 aliphatic heterocycles. The van der Waals surface area contributed by atoms with E-state index in [9.17, 15) is 4.79 Å². The number of carbonyl (C=O) groups is 1. The first kappa shape index (κ1) is 12.3. The second-order valence-electron chi connectivity index (χ2n) is 3.11. The number of nitrogens with one attached hydrogen (secondary N) is 2. The summed E-state index contributed by atoms with van der Waals surface area (Å²) in [6.45, 7) is 2.65. The molecule has 0 unspecified atom stereocenters. The highest BCUT2D eigenvalue weighted by Gasteiger charge is 2.02. The number of halogens is 1. The van der Waals surface area contributed by atoms with Gasteiger partial charge in [0.05, 0.1) is 17.1 Å². The molecule has 0 spiro atoms. The van der Waals surface area contributed by atoms with Gasteiger partial charge < -0.3 is 10.6 Å². The van der Waals surface area contributed by atoms with Gasteiger partial charge in [-0.3, -0.25) is 4.79 Å². The molecule has 0 aromatic heterocycles. The fraction of sp³-hybridized carbons (Fsp3) is 0.273. The standard InChI is InChI=1S/C11H12ClN3O/c1-2-14-11(16)7-15-9-4-3-8(6-13)10(12)5-9/h3-5,15H,2,7H2,1H3,(H,14,16). The van der Waals surface area contributed by atoms with Crippen molar-refractivity contribution in [3.8, 4) is 6.07 Å². The van der Waals surface area contributed by atoms with Crippen LogP contribution in [0, 0.1) is 11.3 Å². The minimum absolute atomic E-state index is 0.0806. The van der Waals surface area contributed by atoms with Gasteiger partial charge in [-0.15, -0.1) is 0 Å². The highest BCUT2D eigenvalue weighted by Crippen LogP contribution is 2.19. The van der Waals surface area contributed by atoms with Crippen LogP contribution in [0.3, 0.4) is 0 Å². The number of hydrogen-bond acceptors (Lipinski definition) is 3. The molecule has 0 fully saturated rings. The SMILES string of the molecule is CCNC(=O)CNc1ccc(C#N)c(Cl)c1. The average Bonchev–Trinajstić information content (AvgIpc) is 2.27. The number of hydrogen-bond donors (Lipinski definition) is 2. The van der Waals surface area contributed by atoms with Crippen LogP contribution in [0.2, 0.25) is 5.02 Å². The van der Waals surface area contributed by atoms with Gasteiger partial charge in [0.15, 0.2) is 0 Å². The maximum atomic E-state index is 11.2. The van der Waals surface area contributed by atoms with Crippen LogP contribution in [0.4, 0.5) is 5.69 Å². The number of carbonyl (C=O) groups excluding carboxylic acids is 1. The first-order chi connectivity index (χ1) is 7.67. The van der Waals surface area contributed by atoms with Crippen LogP contribution < -0.4 is 10.6 Å². The van der Waals surface area contributed by atoms with Crippen molar-refractivity contribution in [2.75, 3.05) is 18.4 Å². The third-order valence-corrected chi connectivity index (χ3v) is 2.23. The Bertz CT molecular complexity index is 426. The number of rotatable bonds is 4. The highest BCUT2D eigenvalue weighted by atomic mass is 35.5. The quantitative estimate of drug-likeness (QED) is 0.839. The van der Waals surface area contributed by atoms with Gasteiger partial charge >= 0.3 is 0 Å². The van der Waals surface area contributed by atoms with Gasteiger partial charge in [0, 0.05) is 12.2 Å². The maximum absolute atomic E-state index is 11.2. The molecule has 0 saturated heterocycles. The molecule has 0 aliphatic rings. The summed E-state index contributed by atoms with van der Waals surface area (Å²) in [6.07, 6.45) is 0. The van der Waals surface area contributed by atoms with E-state index in [2.05, 4.69) is 10.6 Å². The second-order valence-corrected chi connectivity index (χ2v) is 3.52. The first-order valence-electron chi connectivity index (χ1n) is 4.87. The Labute approximate surface area is 99.2 Å². The first-order valence-corrected chi connectivity index (χ1v) is 5.25. The van der Waals surface area contributed by atoms with E-state index in [0.29, 0.717) is 17.1 Å². The molecule has 0 atom stereocenters. The van der Waals surface area contributed by atoms with E-state index in [0.717, 1.165) is 5.69 Å². The highest BCUT2D eigenvalue weighted by molar-refractivity contribution is 6.32. The molecule has 84 valence electrons. The molecule has 0 saturated carbocycles. The van der Waals surface area contributed by atoms with E-state index in [-0.39, 0.29) is 12.5 Å². The lowest BCUT2D eigenvalue weighted by Gasteiger charge is -2.07. The van der Waals surface area contributed by atoms with Crippen molar-refractivity contribution in [2.45, 2.75) is 6.92 Å². The summed E-state index contributed by atoms with van der Waals surface area (Å²) < 4.78 is 0. The van der Waals surface area contributed by atoms with Crippen LogP contribution in [0.1, 0.15) is 12.5 Å². The van der Waals surface area contributed by atoms with E-state index >= 15 is 0 Å². The summed E-state index contributed by atoms with van der Waals surface area (Å²) in [7, 11) is 0. The monoisotopic (exact) mass is 237 g/mol. The van der Waals surface area contributed by atoms with Crippen molar-refractivity contribution < 1.29 is 4.79 Å². The number of anilines is 1. The van der Waals surface area contributed by atoms with Gasteiger partial charge in [-0.25, -0.2) is 0 Å². The van der Waals surface area contributed by atoms with Crippen molar-refractivity contribution in [3.05, 3.63) is 28.8 Å². The van der Waals surface area contributed by atoms with Crippen LogP contribution in [0.5, 0.6) is 0 Å². The molecule has 2 N–H and O–H groups in total. The lowest BCUT2D eigenvalue weighted by Crippen LogP contribution is -2.29. The molecule has 1 rings (SSSR count). The zero-order valence-corrected chi connectivity index (χ0v) is 9.64. The van der Waals surface area contributed by atoms with Crippen molar-refractivity contribution in [2.24, 2.45) is 0 Å². The third kappa shape index (κ3) is 3.44. The Morgan fingerprint density at radius 1 is 1.56 bits per heavy atom. The number of likely N-dealkylation sites (N-methyl/N-ethyl adjacent to an activating group) is 1. The van der Waals surface area contributed by atoms with Crippen molar-refractivity contribution in [1.82, 2.24) is 5.32 Å². The van der Waals surface area contributed by atoms with Gasteiger partial charge in [-0.2, -0.15) is 5.26 Å². The molecule has 1 aromatic rings. The van der Waals surface area contributed by atoms with Gasteiger partial charge in [-0.05, 0) is 25.1 Å². The second kappa shape index (κ2) is 5.99. The predicted octanol–water partition coefficient (Wildman–Crippen LogP) is 1.76. The lowest BCUT2D eigenvalue weighted by molar-refractivity contribution is -0.119. The van der Waals surface area contributed by atoms with Crippen LogP contribution >= 0.6 is 11.6 Å². The maximum Gasteiger partial charge on any atom is 0.239 e. The zero-order valence-electron chi connectivity index (χ0n) is 8.88. The molecule has 4 nitrogen and oxygen atoms in total.